The molecule has 3 aliphatic heterocycles. The van der Waals surface area contributed by atoms with E-state index in [1.165, 1.54) is 45.1 Å². The van der Waals surface area contributed by atoms with E-state index in [0.717, 1.165) is 66.7 Å². The summed E-state index contributed by atoms with van der Waals surface area (Å²) in [4.78, 5) is 74.7. The number of nitrogens with one attached hydrogen (secondary N) is 4. The normalized spacial score (nSPS) is 20.9. The van der Waals surface area contributed by atoms with E-state index in [1.807, 2.05) is 12.4 Å². The molecule has 0 aliphatic carbocycles. The fourth-order valence-electron chi connectivity index (χ4n) is 10.4. The number of H-pyrrole nitrogens is 2. The maximum absolute atomic E-state index is 13.8. The van der Waals surface area contributed by atoms with Gasteiger partial charge in [0.05, 0.1) is 74.4 Å². The van der Waals surface area contributed by atoms with Crippen molar-refractivity contribution in [2.45, 2.75) is 127 Å². The van der Waals surface area contributed by atoms with Crippen LogP contribution in [-0.2, 0) is 34.0 Å². The Bertz CT molecular complexity index is 2470. The molecule has 3 aliphatic rings. The second kappa shape index (κ2) is 21.7. The van der Waals surface area contributed by atoms with Gasteiger partial charge >= 0.3 is 12.2 Å². The summed E-state index contributed by atoms with van der Waals surface area (Å²) in [5.74, 6) is 0.911. The predicted octanol–water partition coefficient (Wildman–Crippen LogP) is 8.69. The molecule has 71 heavy (non-hydrogen) atoms. The summed E-state index contributed by atoms with van der Waals surface area (Å²) in [7, 11) is 5.56. The molecule has 4 N–H and O–H groups in total. The monoisotopic (exact) mass is 972 g/mol. The van der Waals surface area contributed by atoms with Crippen LogP contribution in [-0.4, -0.2) is 120 Å². The number of aromatic amines is 2. The molecule has 17 nitrogen and oxygen atoms in total. The summed E-state index contributed by atoms with van der Waals surface area (Å²) in [6.45, 7) is 11.3. The second-order valence-corrected chi connectivity index (χ2v) is 19.9. The zero-order chi connectivity index (χ0) is 50.6. The van der Waals surface area contributed by atoms with Crippen LogP contribution in [0.15, 0.2) is 85.2 Å². The number of anilines is 1. The van der Waals surface area contributed by atoms with Crippen LogP contribution in [0.25, 0.3) is 22.5 Å². The van der Waals surface area contributed by atoms with Gasteiger partial charge in [0.25, 0.3) is 0 Å². The first kappa shape index (κ1) is 50.7. The van der Waals surface area contributed by atoms with Crippen molar-refractivity contribution in [3.63, 3.8) is 0 Å². The van der Waals surface area contributed by atoms with E-state index in [2.05, 4.69) is 119 Å². The Morgan fingerprint density at radius 3 is 1.37 bits per heavy atom. The van der Waals surface area contributed by atoms with Gasteiger partial charge in [0.1, 0.15) is 23.7 Å². The molecular weight excluding hydrogens is 903 g/mol. The van der Waals surface area contributed by atoms with Crippen LogP contribution < -0.4 is 15.5 Å². The summed E-state index contributed by atoms with van der Waals surface area (Å²) >= 11 is 0. The van der Waals surface area contributed by atoms with Crippen LogP contribution >= 0.6 is 0 Å². The second-order valence-electron chi connectivity index (χ2n) is 19.9. The van der Waals surface area contributed by atoms with Crippen LogP contribution in [0.1, 0.15) is 126 Å². The quantitative estimate of drug-likeness (QED) is 0.0784. The van der Waals surface area contributed by atoms with E-state index in [-0.39, 0.29) is 41.4 Å². The maximum Gasteiger partial charge on any atom is 0.407 e. The van der Waals surface area contributed by atoms with Gasteiger partial charge in [-0.2, -0.15) is 0 Å². The minimum atomic E-state index is -0.906. The Morgan fingerprint density at radius 2 is 1.00 bits per heavy atom. The van der Waals surface area contributed by atoms with Crippen LogP contribution in [0.5, 0.6) is 0 Å². The predicted molar refractivity (Wildman–Crippen MR) is 269 cm³/mol. The number of carbonyl (C=O) groups is 4. The van der Waals surface area contributed by atoms with Crippen LogP contribution in [0, 0.1) is 0 Å². The molecule has 17 heteroatoms. The summed E-state index contributed by atoms with van der Waals surface area (Å²) in [6.07, 6.45) is 6.15. The Balaban J connectivity index is 1.00. The summed E-state index contributed by atoms with van der Waals surface area (Å²) in [5, 5.41) is 5.31. The third kappa shape index (κ3) is 10.8. The van der Waals surface area contributed by atoms with Crippen LogP contribution in [0.4, 0.5) is 15.3 Å². The molecule has 8 rings (SSSR count). The highest BCUT2D eigenvalue weighted by molar-refractivity contribution is 5.87. The molecule has 4 amide bonds. The molecule has 3 saturated heterocycles. The number of benzene rings is 3. The van der Waals surface area contributed by atoms with E-state index in [4.69, 9.17) is 28.9 Å². The summed E-state index contributed by atoms with van der Waals surface area (Å²) in [6, 6.07) is 24.3. The molecule has 8 atom stereocenters. The van der Waals surface area contributed by atoms with Crippen molar-refractivity contribution in [2.24, 2.45) is 0 Å². The minimum Gasteiger partial charge on any atom is -0.453 e. The third-order valence-electron chi connectivity index (χ3n) is 14.7. The lowest BCUT2D eigenvalue weighted by Gasteiger charge is -2.34. The van der Waals surface area contributed by atoms with E-state index in [1.54, 1.807) is 23.6 Å². The topological polar surface area (TPSA) is 196 Å². The number of hydrogen-bond acceptors (Lipinski definition) is 11. The van der Waals surface area contributed by atoms with Gasteiger partial charge in [-0.1, -0.05) is 81.4 Å². The van der Waals surface area contributed by atoms with Crippen molar-refractivity contribution in [1.82, 2.24) is 40.4 Å². The molecule has 0 radical (unpaired) electrons. The van der Waals surface area contributed by atoms with Crippen molar-refractivity contribution < 1.29 is 38.1 Å². The number of imidazole rings is 2. The Hall–Kier alpha value is -6.72. The molecule has 0 unspecified atom stereocenters. The van der Waals surface area contributed by atoms with Crippen molar-refractivity contribution in [2.75, 3.05) is 46.4 Å². The molecule has 5 aromatic rings. The highest BCUT2D eigenvalue weighted by Gasteiger charge is 2.41. The Labute approximate surface area is 416 Å². The number of rotatable bonds is 15. The van der Waals surface area contributed by atoms with Crippen molar-refractivity contribution in [1.29, 1.82) is 0 Å². The number of methoxy groups -OCH3 is 4. The highest BCUT2D eigenvalue weighted by Crippen LogP contribution is 2.48. The fourth-order valence-corrected chi connectivity index (χ4v) is 10.4. The SMILES string of the molecule is COC(=O)N[C@H](C(=O)N1CCC[C@H]1c1ncc(-c2ccc([C@H]3CC[C@H](c4ccc(-c5cnc([C@@H]6CCCN6C(=O)[C@H](NC(=O)OC)[C@H](C)OC)[nH]5)cc4)N3c3ccc(C(C)(C)C)cc3)cc2)[nH]1)[C@H](C)OC. The lowest BCUT2D eigenvalue weighted by atomic mass is 9.87. The first-order valence-corrected chi connectivity index (χ1v) is 24.7. The molecule has 0 bridgehead atoms. The van der Waals surface area contributed by atoms with Crippen molar-refractivity contribution >= 4 is 29.7 Å². The lowest BCUT2D eigenvalue weighted by molar-refractivity contribution is -0.138. The molecule has 5 heterocycles. The van der Waals surface area contributed by atoms with Crippen molar-refractivity contribution in [3.8, 4) is 22.5 Å². The highest BCUT2D eigenvalue weighted by atomic mass is 16.5. The van der Waals surface area contributed by atoms with E-state index in [9.17, 15) is 19.2 Å². The number of nitrogens with zero attached hydrogens (tertiary/aromatic N) is 5. The molecule has 378 valence electrons. The van der Waals surface area contributed by atoms with E-state index in [0.29, 0.717) is 24.7 Å². The van der Waals surface area contributed by atoms with Gasteiger partial charge in [-0.25, -0.2) is 19.6 Å². The largest absolute Gasteiger partial charge is 0.453 e. The third-order valence-corrected chi connectivity index (χ3v) is 14.7. The Kier molecular flexibility index (Phi) is 15.5. The number of hydrogen-bond donors (Lipinski definition) is 4. The average molecular weight is 972 g/mol. The van der Waals surface area contributed by atoms with Crippen molar-refractivity contribution in [3.05, 3.63) is 114 Å². The summed E-state index contributed by atoms with van der Waals surface area (Å²) in [5.41, 5.74) is 8.57. The molecule has 3 aromatic carbocycles. The first-order valence-electron chi connectivity index (χ1n) is 24.7. The number of alkyl carbamates (subject to hydrolysis) is 2. The van der Waals surface area contributed by atoms with Gasteiger partial charge in [-0.15, -0.1) is 0 Å². The van der Waals surface area contributed by atoms with Gasteiger partial charge in [-0.3, -0.25) is 9.59 Å². The number of amides is 4. The number of likely N-dealkylation sites (tertiary alicyclic amines) is 2. The number of ether oxygens (including phenoxy) is 4. The smallest absolute Gasteiger partial charge is 0.407 e. The van der Waals surface area contributed by atoms with E-state index >= 15 is 0 Å². The zero-order valence-electron chi connectivity index (χ0n) is 42.4. The molecule has 2 aromatic heterocycles. The van der Waals surface area contributed by atoms with Gasteiger partial charge in [-0.05, 0) is 97.7 Å². The van der Waals surface area contributed by atoms with Gasteiger partial charge < -0.3 is 54.2 Å². The van der Waals surface area contributed by atoms with Gasteiger partial charge in [0.2, 0.25) is 11.8 Å². The molecule has 0 spiro atoms. The molecule has 3 fully saturated rings. The summed E-state index contributed by atoms with van der Waals surface area (Å²) < 4.78 is 20.5. The fraction of sp³-hybridized carbons (Fsp3) is 0.481. The number of aromatic nitrogens is 4. The molecule has 0 saturated carbocycles. The number of carbonyl (C=O) groups excluding carboxylic acids is 4. The first-order chi connectivity index (χ1) is 34.1. The van der Waals surface area contributed by atoms with E-state index < -0.39 is 36.5 Å². The van der Waals surface area contributed by atoms with Gasteiger partial charge in [0.15, 0.2) is 0 Å². The Morgan fingerprint density at radius 1 is 0.592 bits per heavy atom. The van der Waals surface area contributed by atoms with Crippen LogP contribution in [0.2, 0.25) is 0 Å². The average Bonchev–Trinajstić information content (AvgIpc) is 4.26. The zero-order valence-corrected chi connectivity index (χ0v) is 42.4. The van der Waals surface area contributed by atoms with Gasteiger partial charge in [0, 0.05) is 33.0 Å². The standard InChI is InChI=1S/C54H69N9O8/c1-32(68-6)46(59-52(66)70-8)50(64)61-28-10-12-44(61)48-55-30-40(57-48)34-14-18-36(19-15-34)42-26-27-43(63(42)39-24-22-38(23-25-39)54(3,4)5)37-20-16-35(17-21-37)41-31-56-49(58-41)45-13-11-29-62(45)51(65)47(33(2)69-7)60-53(67)71-9/h14-25,30-33,42-47H,10-13,26-29H2,1-9H3,(H,55,57)(H,56,58)(H,59,66)(H,60,67)/t32-,33-,42+,43+,44-,45-,46-,47+/m0/s1. The van der Waals surface area contributed by atoms with Crippen LogP contribution in [0.3, 0.4) is 0 Å². The minimum absolute atomic E-state index is 0.0175. The lowest BCUT2D eigenvalue weighted by Crippen LogP contribution is -2.54. The maximum atomic E-state index is 13.8. The molecular formula is C54H69N9O8.